The number of anilines is 1. The van der Waals surface area contributed by atoms with Crippen molar-refractivity contribution in [3.8, 4) is 0 Å². The number of hydrogen-bond acceptors (Lipinski definition) is 3. The summed E-state index contributed by atoms with van der Waals surface area (Å²) in [6.45, 7) is 15.2. The number of aromatic nitrogens is 1. The standard InChI is InChI=1S/C23H29FN4O2.C2H6/c1-6-28(7-2)11-10-25-23(30)21-14(3)20(27(5)15(21)4)13-18-17-12-16(24)8-9-19(17)26-22(18)29;1-2/h8-9,12-13H,6-7,10-11H2,1-5H3,(H,25,30)(H,26,29);1-2H3/b18-13-;. The number of nitrogens with zero attached hydrogens (tertiary/aromatic N) is 2. The lowest BCUT2D eigenvalue weighted by Gasteiger charge is -2.18. The molecule has 0 saturated carbocycles. The molecule has 0 radical (unpaired) electrons. The Bertz CT molecular complexity index is 1020. The molecular weight excluding hydrogens is 407 g/mol. The van der Waals surface area contributed by atoms with Crippen molar-refractivity contribution in [2.24, 2.45) is 7.05 Å². The molecule has 0 unspecified atom stereocenters. The van der Waals surface area contributed by atoms with Gasteiger partial charge in [-0.25, -0.2) is 4.39 Å². The average molecular weight is 443 g/mol. The van der Waals surface area contributed by atoms with Crippen molar-refractivity contribution in [1.82, 2.24) is 14.8 Å². The molecule has 0 fully saturated rings. The van der Waals surface area contributed by atoms with E-state index in [1.807, 2.05) is 39.3 Å². The van der Waals surface area contributed by atoms with E-state index in [-0.39, 0.29) is 11.8 Å². The minimum Gasteiger partial charge on any atom is -0.351 e. The average Bonchev–Trinajstić information content (AvgIpc) is 3.20. The van der Waals surface area contributed by atoms with E-state index >= 15 is 0 Å². The summed E-state index contributed by atoms with van der Waals surface area (Å²) in [5.41, 5.74) is 4.49. The predicted molar refractivity (Wildman–Crippen MR) is 129 cm³/mol. The van der Waals surface area contributed by atoms with Gasteiger partial charge in [0.15, 0.2) is 0 Å². The van der Waals surface area contributed by atoms with Crippen LogP contribution in [0.3, 0.4) is 0 Å². The Kier molecular flexibility index (Phi) is 8.78. The zero-order chi connectivity index (χ0) is 24.0. The van der Waals surface area contributed by atoms with E-state index in [0.29, 0.717) is 28.9 Å². The first kappa shape index (κ1) is 25.3. The number of fused-ring (bicyclic) bond motifs is 1. The van der Waals surface area contributed by atoms with Crippen molar-refractivity contribution in [3.63, 3.8) is 0 Å². The number of rotatable bonds is 7. The molecule has 0 saturated heterocycles. The van der Waals surface area contributed by atoms with Crippen LogP contribution in [0.4, 0.5) is 10.1 Å². The van der Waals surface area contributed by atoms with Gasteiger partial charge in [0.25, 0.3) is 11.8 Å². The maximum atomic E-state index is 13.7. The highest BCUT2D eigenvalue weighted by Crippen LogP contribution is 2.35. The van der Waals surface area contributed by atoms with Crippen LogP contribution in [0, 0.1) is 19.7 Å². The molecule has 32 heavy (non-hydrogen) atoms. The number of amides is 2. The minimum absolute atomic E-state index is 0.125. The normalized spacial score (nSPS) is 13.7. The lowest BCUT2D eigenvalue weighted by molar-refractivity contribution is -0.110. The number of carbonyl (C=O) groups is 2. The van der Waals surface area contributed by atoms with Crippen LogP contribution >= 0.6 is 0 Å². The Morgan fingerprint density at radius 2 is 1.88 bits per heavy atom. The van der Waals surface area contributed by atoms with E-state index in [0.717, 1.165) is 36.6 Å². The van der Waals surface area contributed by atoms with E-state index in [2.05, 4.69) is 29.4 Å². The summed E-state index contributed by atoms with van der Waals surface area (Å²) in [6.07, 6.45) is 1.73. The molecule has 3 rings (SSSR count). The van der Waals surface area contributed by atoms with Gasteiger partial charge in [0.1, 0.15) is 5.82 Å². The van der Waals surface area contributed by atoms with Crippen molar-refractivity contribution in [1.29, 1.82) is 0 Å². The van der Waals surface area contributed by atoms with Crippen LogP contribution in [0.25, 0.3) is 11.6 Å². The highest BCUT2D eigenvalue weighted by atomic mass is 19.1. The van der Waals surface area contributed by atoms with Crippen molar-refractivity contribution in [2.75, 3.05) is 31.5 Å². The summed E-state index contributed by atoms with van der Waals surface area (Å²) >= 11 is 0. The number of halogens is 1. The molecule has 0 atom stereocenters. The molecule has 1 aromatic heterocycles. The monoisotopic (exact) mass is 442 g/mol. The number of nitrogens with one attached hydrogen (secondary N) is 2. The van der Waals surface area contributed by atoms with Gasteiger partial charge >= 0.3 is 0 Å². The van der Waals surface area contributed by atoms with Gasteiger partial charge in [-0.15, -0.1) is 0 Å². The third-order valence-corrected chi connectivity index (χ3v) is 5.87. The first-order valence-electron chi connectivity index (χ1n) is 11.3. The van der Waals surface area contributed by atoms with Crippen molar-refractivity contribution in [3.05, 3.63) is 52.1 Å². The molecule has 6 nitrogen and oxygen atoms in total. The molecular formula is C25H35FN4O2. The van der Waals surface area contributed by atoms with Crippen molar-refractivity contribution < 1.29 is 14.0 Å². The lowest BCUT2D eigenvalue weighted by Crippen LogP contribution is -2.35. The van der Waals surface area contributed by atoms with Gasteiger partial charge in [-0.2, -0.15) is 0 Å². The highest BCUT2D eigenvalue weighted by molar-refractivity contribution is 6.35. The van der Waals surface area contributed by atoms with Crippen LogP contribution in [0.1, 0.15) is 60.6 Å². The van der Waals surface area contributed by atoms with Gasteiger partial charge in [0.2, 0.25) is 0 Å². The summed E-state index contributed by atoms with van der Waals surface area (Å²) in [5, 5.41) is 5.76. The molecule has 2 aromatic rings. The zero-order valence-corrected chi connectivity index (χ0v) is 20.2. The van der Waals surface area contributed by atoms with E-state index in [1.54, 1.807) is 12.1 Å². The molecule has 0 aliphatic carbocycles. The van der Waals surface area contributed by atoms with Gasteiger partial charge in [-0.1, -0.05) is 27.7 Å². The Hall–Kier alpha value is -2.93. The maximum absolute atomic E-state index is 13.7. The van der Waals surface area contributed by atoms with Gasteiger partial charge in [0.05, 0.1) is 11.1 Å². The largest absolute Gasteiger partial charge is 0.351 e. The summed E-state index contributed by atoms with van der Waals surface area (Å²) in [5.74, 6) is -0.803. The molecule has 1 aliphatic heterocycles. The Morgan fingerprint density at radius 1 is 1.22 bits per heavy atom. The third kappa shape index (κ3) is 5.10. The quantitative estimate of drug-likeness (QED) is 0.626. The fraction of sp³-hybridized carbons (Fsp3) is 0.440. The van der Waals surface area contributed by atoms with Crippen molar-refractivity contribution in [2.45, 2.75) is 41.5 Å². The smallest absolute Gasteiger partial charge is 0.256 e. The molecule has 2 amide bonds. The maximum Gasteiger partial charge on any atom is 0.256 e. The van der Waals surface area contributed by atoms with Gasteiger partial charge in [-0.3, -0.25) is 9.59 Å². The van der Waals surface area contributed by atoms with Gasteiger partial charge in [-0.05, 0) is 56.8 Å². The molecule has 0 spiro atoms. The summed E-state index contributed by atoms with van der Waals surface area (Å²) < 4.78 is 15.6. The molecule has 2 N–H and O–H groups in total. The zero-order valence-electron chi connectivity index (χ0n) is 20.2. The van der Waals surface area contributed by atoms with Crippen LogP contribution in [-0.4, -0.2) is 47.5 Å². The number of carbonyl (C=O) groups excluding carboxylic acids is 2. The number of benzene rings is 1. The molecule has 0 bridgehead atoms. The second-order valence-corrected chi connectivity index (χ2v) is 7.51. The van der Waals surface area contributed by atoms with E-state index in [9.17, 15) is 14.0 Å². The molecule has 2 heterocycles. The first-order chi connectivity index (χ1) is 15.3. The summed E-state index contributed by atoms with van der Waals surface area (Å²) in [6, 6.07) is 4.23. The topological polar surface area (TPSA) is 66.4 Å². The number of likely N-dealkylation sites (N-methyl/N-ethyl adjacent to an activating group) is 1. The lowest BCUT2D eigenvalue weighted by atomic mass is 10.0. The predicted octanol–water partition coefficient (Wildman–Crippen LogP) is 4.37. The van der Waals surface area contributed by atoms with Gasteiger partial charge < -0.3 is 20.1 Å². The second kappa shape index (κ2) is 11.1. The Balaban J connectivity index is 0.00000176. The first-order valence-corrected chi connectivity index (χ1v) is 11.3. The van der Waals surface area contributed by atoms with Crippen LogP contribution in [0.2, 0.25) is 0 Å². The molecule has 1 aliphatic rings. The van der Waals surface area contributed by atoms with Crippen LogP contribution in [0.5, 0.6) is 0 Å². The van der Waals surface area contributed by atoms with Gasteiger partial charge in [0, 0.05) is 42.8 Å². The second-order valence-electron chi connectivity index (χ2n) is 7.51. The fourth-order valence-electron chi connectivity index (χ4n) is 3.94. The molecule has 1 aromatic carbocycles. The Labute approximate surface area is 190 Å². The molecule has 7 heteroatoms. The van der Waals surface area contributed by atoms with Crippen molar-refractivity contribution >= 4 is 29.2 Å². The fourth-order valence-corrected chi connectivity index (χ4v) is 3.94. The Morgan fingerprint density at radius 3 is 2.50 bits per heavy atom. The van der Waals surface area contributed by atoms with E-state index in [4.69, 9.17) is 0 Å². The van der Waals surface area contributed by atoms with E-state index in [1.165, 1.54) is 12.1 Å². The number of hydrogen-bond donors (Lipinski definition) is 2. The van der Waals surface area contributed by atoms with Crippen LogP contribution in [-0.2, 0) is 11.8 Å². The molecule has 174 valence electrons. The third-order valence-electron chi connectivity index (χ3n) is 5.87. The van der Waals surface area contributed by atoms with Crippen LogP contribution < -0.4 is 10.6 Å². The van der Waals surface area contributed by atoms with E-state index < -0.39 is 5.82 Å². The van der Waals surface area contributed by atoms with Crippen LogP contribution in [0.15, 0.2) is 18.2 Å². The summed E-state index contributed by atoms with van der Waals surface area (Å²) in [7, 11) is 1.86. The minimum atomic E-state index is -0.399. The SMILES string of the molecule is CC.CCN(CC)CCNC(=O)c1c(C)c(/C=C2\C(=O)Nc3ccc(F)cc32)n(C)c1C. The summed E-state index contributed by atoms with van der Waals surface area (Å²) in [4.78, 5) is 27.6. The highest BCUT2D eigenvalue weighted by Gasteiger charge is 2.27.